The second-order valence-corrected chi connectivity index (χ2v) is 3.14. The van der Waals surface area contributed by atoms with Crippen LogP contribution in [-0.2, 0) is 0 Å². The fourth-order valence-corrected chi connectivity index (χ4v) is 1.32. The highest BCUT2D eigenvalue weighted by Gasteiger charge is 2.13. The van der Waals surface area contributed by atoms with Gasteiger partial charge in [0.05, 0.1) is 23.6 Å². The van der Waals surface area contributed by atoms with E-state index >= 15 is 0 Å². The number of carboxylic acid groups (broad SMARTS) is 1. The molecule has 0 aliphatic heterocycles. The average Bonchev–Trinajstić information content (AvgIpc) is 2.77. The zero-order valence-corrected chi connectivity index (χ0v) is 8.37. The number of aromatic nitrogens is 3. The molecule has 1 N–H and O–H groups in total. The Morgan fingerprint density at radius 3 is 2.82 bits per heavy atom. The van der Waals surface area contributed by atoms with Gasteiger partial charge in [-0.15, -0.1) is 0 Å². The molecule has 2 heterocycles. The van der Waals surface area contributed by atoms with E-state index in [2.05, 4.69) is 9.97 Å². The highest BCUT2D eigenvalue weighted by molar-refractivity contribution is 5.85. The lowest BCUT2D eigenvalue weighted by atomic mass is 10.2. The van der Waals surface area contributed by atoms with Gasteiger partial charge in [-0.3, -0.25) is 9.78 Å². The third-order valence-electron chi connectivity index (χ3n) is 2.12. The number of imidazole rings is 1. The van der Waals surface area contributed by atoms with Gasteiger partial charge >= 0.3 is 5.97 Å². The molecule has 0 aromatic carbocycles. The van der Waals surface area contributed by atoms with Crippen molar-refractivity contribution in [3.8, 4) is 5.69 Å². The van der Waals surface area contributed by atoms with Crippen molar-refractivity contribution in [1.82, 2.24) is 14.5 Å². The minimum Gasteiger partial charge on any atom is -0.476 e. The molecule has 2 aromatic heterocycles. The first kappa shape index (κ1) is 10.9. The predicted octanol–water partition coefficient (Wildman–Crippen LogP) is 0.917. The summed E-state index contributed by atoms with van der Waals surface area (Å²) >= 11 is 0. The van der Waals surface area contributed by atoms with Gasteiger partial charge in [-0.1, -0.05) is 0 Å². The molecule has 0 aliphatic rings. The standard InChI is InChI=1S/C10H6FN3O3/c11-7-1-12-2-9(6(7)4-15)14-3-8(10(16)17)13-5-14/h1-5H,(H,16,17). The van der Waals surface area contributed by atoms with E-state index in [1.165, 1.54) is 23.3 Å². The normalized spacial score (nSPS) is 10.2. The molecule has 0 unspecified atom stereocenters. The Kier molecular flexibility index (Phi) is 2.65. The minimum absolute atomic E-state index is 0.139. The van der Waals surface area contributed by atoms with Gasteiger partial charge in [0.1, 0.15) is 6.33 Å². The summed E-state index contributed by atoms with van der Waals surface area (Å²) in [7, 11) is 0. The zero-order valence-electron chi connectivity index (χ0n) is 8.37. The van der Waals surface area contributed by atoms with E-state index in [-0.39, 0.29) is 16.9 Å². The van der Waals surface area contributed by atoms with Crippen LogP contribution in [0.25, 0.3) is 5.69 Å². The second kappa shape index (κ2) is 4.12. The molecule has 0 atom stereocenters. The highest BCUT2D eigenvalue weighted by Crippen LogP contribution is 2.15. The summed E-state index contributed by atoms with van der Waals surface area (Å²) < 4.78 is 14.5. The van der Waals surface area contributed by atoms with E-state index < -0.39 is 11.8 Å². The molecule has 0 amide bonds. The summed E-state index contributed by atoms with van der Waals surface area (Å²) in [5, 5.41) is 8.69. The molecule has 2 aromatic rings. The van der Waals surface area contributed by atoms with Crippen molar-refractivity contribution in [2.75, 3.05) is 0 Å². The average molecular weight is 235 g/mol. The number of carbonyl (C=O) groups excluding carboxylic acids is 1. The Morgan fingerprint density at radius 1 is 1.47 bits per heavy atom. The molecule has 0 spiro atoms. The Bertz CT molecular complexity index is 594. The van der Waals surface area contributed by atoms with E-state index in [4.69, 9.17) is 5.11 Å². The number of halogens is 1. The molecule has 0 fully saturated rings. The van der Waals surface area contributed by atoms with E-state index in [0.29, 0.717) is 6.29 Å². The topological polar surface area (TPSA) is 85.1 Å². The molecular formula is C10H6FN3O3. The number of nitrogens with zero attached hydrogens (tertiary/aromatic N) is 3. The van der Waals surface area contributed by atoms with Crippen LogP contribution in [0.15, 0.2) is 24.9 Å². The monoisotopic (exact) mass is 235 g/mol. The van der Waals surface area contributed by atoms with Crippen molar-refractivity contribution in [2.45, 2.75) is 0 Å². The van der Waals surface area contributed by atoms with Gasteiger partial charge in [-0.25, -0.2) is 14.2 Å². The number of pyridine rings is 1. The van der Waals surface area contributed by atoms with E-state index in [9.17, 15) is 14.0 Å². The van der Waals surface area contributed by atoms with Crippen LogP contribution in [0, 0.1) is 5.82 Å². The second-order valence-electron chi connectivity index (χ2n) is 3.14. The van der Waals surface area contributed by atoms with Crippen LogP contribution < -0.4 is 0 Å². The van der Waals surface area contributed by atoms with Crippen LogP contribution in [-0.4, -0.2) is 31.9 Å². The van der Waals surface area contributed by atoms with Gasteiger partial charge in [-0.05, 0) is 0 Å². The van der Waals surface area contributed by atoms with Crippen LogP contribution >= 0.6 is 0 Å². The first-order valence-corrected chi connectivity index (χ1v) is 4.50. The first-order chi connectivity index (χ1) is 8.13. The molecule has 0 saturated heterocycles. The van der Waals surface area contributed by atoms with Crippen molar-refractivity contribution >= 4 is 12.3 Å². The molecule has 86 valence electrons. The van der Waals surface area contributed by atoms with Gasteiger partial charge in [-0.2, -0.15) is 0 Å². The number of rotatable bonds is 3. The van der Waals surface area contributed by atoms with Gasteiger partial charge in [0.2, 0.25) is 0 Å². The molecular weight excluding hydrogens is 229 g/mol. The molecule has 0 aliphatic carbocycles. The minimum atomic E-state index is -1.21. The molecule has 0 radical (unpaired) electrons. The van der Waals surface area contributed by atoms with Gasteiger partial charge < -0.3 is 9.67 Å². The lowest BCUT2D eigenvalue weighted by Gasteiger charge is -2.04. The number of aldehydes is 1. The van der Waals surface area contributed by atoms with Crippen LogP contribution in [0.1, 0.15) is 20.8 Å². The molecule has 0 bridgehead atoms. The summed E-state index contributed by atoms with van der Waals surface area (Å²) in [5.41, 5.74) is -0.263. The van der Waals surface area contributed by atoms with Crippen LogP contribution in [0.2, 0.25) is 0 Å². The molecule has 0 saturated carbocycles. The predicted molar refractivity (Wildman–Crippen MR) is 53.7 cm³/mol. The Balaban J connectivity index is 2.56. The smallest absolute Gasteiger partial charge is 0.356 e. The van der Waals surface area contributed by atoms with Crippen molar-refractivity contribution in [1.29, 1.82) is 0 Å². The SMILES string of the molecule is O=Cc1c(F)cncc1-n1cnc(C(=O)O)c1. The number of hydrogen-bond donors (Lipinski definition) is 1. The zero-order chi connectivity index (χ0) is 12.4. The fourth-order valence-electron chi connectivity index (χ4n) is 1.32. The lowest BCUT2D eigenvalue weighted by molar-refractivity contribution is 0.0691. The highest BCUT2D eigenvalue weighted by atomic mass is 19.1. The summed E-state index contributed by atoms with van der Waals surface area (Å²) in [4.78, 5) is 28.6. The summed E-state index contributed by atoms with van der Waals surface area (Å²) in [6, 6.07) is 0. The maximum Gasteiger partial charge on any atom is 0.356 e. The fraction of sp³-hybridized carbons (Fsp3) is 0. The lowest BCUT2D eigenvalue weighted by Crippen LogP contribution is -2.01. The van der Waals surface area contributed by atoms with E-state index in [0.717, 1.165) is 6.20 Å². The van der Waals surface area contributed by atoms with Crippen molar-refractivity contribution in [3.05, 3.63) is 42.0 Å². The van der Waals surface area contributed by atoms with E-state index in [1.807, 2.05) is 0 Å². The largest absolute Gasteiger partial charge is 0.476 e. The Hall–Kier alpha value is -2.57. The van der Waals surface area contributed by atoms with Gasteiger partial charge in [0, 0.05) is 6.20 Å². The van der Waals surface area contributed by atoms with E-state index in [1.54, 1.807) is 0 Å². The number of aromatic carboxylic acids is 1. The third-order valence-corrected chi connectivity index (χ3v) is 2.12. The Labute approximate surface area is 94.4 Å². The maximum absolute atomic E-state index is 13.3. The molecule has 6 nitrogen and oxygen atoms in total. The first-order valence-electron chi connectivity index (χ1n) is 4.50. The van der Waals surface area contributed by atoms with Crippen molar-refractivity contribution in [2.24, 2.45) is 0 Å². The van der Waals surface area contributed by atoms with Gasteiger partial charge in [0.25, 0.3) is 0 Å². The maximum atomic E-state index is 13.3. The Morgan fingerprint density at radius 2 is 2.24 bits per heavy atom. The van der Waals surface area contributed by atoms with Crippen molar-refractivity contribution in [3.63, 3.8) is 0 Å². The number of carboxylic acids is 1. The third kappa shape index (κ3) is 1.89. The summed E-state index contributed by atoms with van der Waals surface area (Å²) in [6.45, 7) is 0. The van der Waals surface area contributed by atoms with Crippen LogP contribution in [0.3, 0.4) is 0 Å². The molecule has 2 rings (SSSR count). The molecule has 7 heteroatoms. The van der Waals surface area contributed by atoms with Crippen molar-refractivity contribution < 1.29 is 19.1 Å². The van der Waals surface area contributed by atoms with Gasteiger partial charge in [0.15, 0.2) is 17.8 Å². The molecule has 17 heavy (non-hydrogen) atoms. The number of carbonyl (C=O) groups is 2. The summed E-state index contributed by atoms with van der Waals surface area (Å²) in [6.07, 6.45) is 4.84. The van der Waals surface area contributed by atoms with Crippen LogP contribution in [0.4, 0.5) is 4.39 Å². The van der Waals surface area contributed by atoms with Crippen LogP contribution in [0.5, 0.6) is 0 Å². The number of hydrogen-bond acceptors (Lipinski definition) is 4. The summed E-state index contributed by atoms with van der Waals surface area (Å²) in [5.74, 6) is -1.98. The quantitative estimate of drug-likeness (QED) is 0.799.